The summed E-state index contributed by atoms with van der Waals surface area (Å²) in [7, 11) is 1.93. The molecule has 0 spiro atoms. The van der Waals surface area contributed by atoms with Crippen molar-refractivity contribution >= 4 is 27.5 Å². The summed E-state index contributed by atoms with van der Waals surface area (Å²) in [6.07, 6.45) is 1.70. The van der Waals surface area contributed by atoms with Crippen molar-refractivity contribution in [3.8, 4) is 0 Å². The zero-order valence-corrected chi connectivity index (χ0v) is 13.6. The molecule has 1 atom stereocenters. The Hall–Kier alpha value is -0.840. The Bertz CT molecular complexity index is 560. The molecule has 1 N–H and O–H groups in total. The molecular weight excluding hydrogens is 326 g/mol. The number of hydrogen-bond acceptors (Lipinski definition) is 2. The monoisotopic (exact) mass is 341 g/mol. The van der Waals surface area contributed by atoms with Crippen molar-refractivity contribution in [2.45, 2.75) is 26.4 Å². The molecule has 0 amide bonds. The highest BCUT2D eigenvalue weighted by atomic mass is 79.9. The molecule has 2 rings (SSSR count). The van der Waals surface area contributed by atoms with Crippen LogP contribution >= 0.6 is 27.5 Å². The molecule has 1 aromatic carbocycles. The predicted octanol–water partition coefficient (Wildman–Crippen LogP) is 3.94. The Morgan fingerprint density at radius 3 is 2.74 bits per heavy atom. The summed E-state index contributed by atoms with van der Waals surface area (Å²) in [6.45, 7) is 4.94. The van der Waals surface area contributed by atoms with Crippen LogP contribution in [0.5, 0.6) is 0 Å². The Morgan fingerprint density at radius 2 is 2.16 bits per heavy atom. The van der Waals surface area contributed by atoms with E-state index >= 15 is 0 Å². The van der Waals surface area contributed by atoms with Crippen molar-refractivity contribution in [2.75, 3.05) is 7.05 Å². The molecule has 102 valence electrons. The fraction of sp³-hybridized carbons (Fsp3) is 0.357. The molecule has 0 aliphatic rings. The first-order chi connectivity index (χ1) is 9.06. The van der Waals surface area contributed by atoms with E-state index < -0.39 is 0 Å². The van der Waals surface area contributed by atoms with Crippen LogP contribution in [0.25, 0.3) is 0 Å². The summed E-state index contributed by atoms with van der Waals surface area (Å²) in [5, 5.41) is 8.32. The van der Waals surface area contributed by atoms with E-state index in [9.17, 15) is 0 Å². The Balaban J connectivity index is 2.52. The maximum absolute atomic E-state index is 6.29. The van der Waals surface area contributed by atoms with Crippen LogP contribution in [-0.2, 0) is 6.54 Å². The molecule has 0 saturated heterocycles. The molecule has 1 heterocycles. The summed E-state index contributed by atoms with van der Waals surface area (Å²) >= 11 is 9.84. The van der Waals surface area contributed by atoms with E-state index in [1.165, 1.54) is 11.1 Å². The van der Waals surface area contributed by atoms with Gasteiger partial charge in [-0.3, -0.25) is 4.68 Å². The van der Waals surface area contributed by atoms with Crippen molar-refractivity contribution in [1.82, 2.24) is 15.1 Å². The zero-order valence-electron chi connectivity index (χ0n) is 11.2. The van der Waals surface area contributed by atoms with Gasteiger partial charge in [-0.05, 0) is 44.2 Å². The van der Waals surface area contributed by atoms with E-state index in [-0.39, 0.29) is 6.04 Å². The third-order valence-corrected chi connectivity index (χ3v) is 3.84. The second kappa shape index (κ2) is 6.07. The zero-order chi connectivity index (χ0) is 14.0. The van der Waals surface area contributed by atoms with E-state index in [0.717, 1.165) is 16.7 Å². The number of nitrogens with zero attached hydrogens (tertiary/aromatic N) is 2. The van der Waals surface area contributed by atoms with Crippen molar-refractivity contribution in [3.63, 3.8) is 0 Å². The minimum absolute atomic E-state index is 0.0335. The van der Waals surface area contributed by atoms with Crippen LogP contribution in [0.2, 0.25) is 5.02 Å². The van der Waals surface area contributed by atoms with Crippen LogP contribution in [0.15, 0.2) is 28.9 Å². The van der Waals surface area contributed by atoms with Gasteiger partial charge >= 0.3 is 0 Å². The second-order valence-electron chi connectivity index (χ2n) is 4.48. The van der Waals surface area contributed by atoms with Crippen molar-refractivity contribution < 1.29 is 0 Å². The molecule has 19 heavy (non-hydrogen) atoms. The molecule has 0 saturated carbocycles. The first kappa shape index (κ1) is 14.6. The minimum atomic E-state index is 0.0335. The molecule has 1 aromatic heterocycles. The van der Waals surface area contributed by atoms with Gasteiger partial charge in [0.15, 0.2) is 0 Å². The van der Waals surface area contributed by atoms with E-state index in [1.54, 1.807) is 6.20 Å². The third-order valence-electron chi connectivity index (χ3n) is 3.09. The predicted molar refractivity (Wildman–Crippen MR) is 82.7 cm³/mol. The van der Waals surface area contributed by atoms with Gasteiger partial charge in [0.05, 0.1) is 23.0 Å². The van der Waals surface area contributed by atoms with E-state index in [4.69, 9.17) is 11.6 Å². The number of aryl methyl sites for hydroxylation is 2. The molecule has 0 fully saturated rings. The SMILES string of the molecule is CCn1ncc(Cl)c1C(NC)c1cc(C)cc(Br)c1. The lowest BCUT2D eigenvalue weighted by atomic mass is 10.0. The lowest BCUT2D eigenvalue weighted by Gasteiger charge is -2.19. The number of halogens is 2. The van der Waals surface area contributed by atoms with Crippen LogP contribution in [0.1, 0.15) is 29.8 Å². The fourth-order valence-corrected chi connectivity index (χ4v) is 3.18. The Labute approximate surface area is 127 Å². The van der Waals surface area contributed by atoms with Gasteiger partial charge in [-0.25, -0.2) is 0 Å². The van der Waals surface area contributed by atoms with Crippen molar-refractivity contribution in [1.29, 1.82) is 0 Å². The van der Waals surface area contributed by atoms with E-state index in [1.807, 2.05) is 11.7 Å². The van der Waals surface area contributed by atoms with E-state index in [0.29, 0.717) is 5.02 Å². The van der Waals surface area contributed by atoms with E-state index in [2.05, 4.69) is 58.4 Å². The topological polar surface area (TPSA) is 29.9 Å². The average molecular weight is 343 g/mol. The molecule has 0 bridgehead atoms. The molecule has 0 aliphatic heterocycles. The average Bonchev–Trinajstić information content (AvgIpc) is 2.71. The van der Waals surface area contributed by atoms with Crippen LogP contribution < -0.4 is 5.32 Å². The van der Waals surface area contributed by atoms with Crippen LogP contribution in [-0.4, -0.2) is 16.8 Å². The van der Waals surface area contributed by atoms with Gasteiger partial charge in [0.25, 0.3) is 0 Å². The quantitative estimate of drug-likeness (QED) is 0.912. The van der Waals surface area contributed by atoms with Gasteiger partial charge in [-0.1, -0.05) is 33.6 Å². The largest absolute Gasteiger partial charge is 0.308 e. The fourth-order valence-electron chi connectivity index (χ4n) is 2.30. The van der Waals surface area contributed by atoms with Gasteiger partial charge < -0.3 is 5.32 Å². The highest BCUT2D eigenvalue weighted by molar-refractivity contribution is 9.10. The number of rotatable bonds is 4. The third kappa shape index (κ3) is 3.02. The van der Waals surface area contributed by atoms with Crippen molar-refractivity contribution in [3.05, 3.63) is 50.7 Å². The molecule has 3 nitrogen and oxygen atoms in total. The highest BCUT2D eigenvalue weighted by Crippen LogP contribution is 2.30. The van der Waals surface area contributed by atoms with Gasteiger partial charge in [-0.15, -0.1) is 0 Å². The van der Waals surface area contributed by atoms with Crippen molar-refractivity contribution in [2.24, 2.45) is 0 Å². The molecule has 5 heteroatoms. The Morgan fingerprint density at radius 1 is 1.42 bits per heavy atom. The number of nitrogens with one attached hydrogen (secondary N) is 1. The number of aromatic nitrogens is 2. The summed E-state index contributed by atoms with van der Waals surface area (Å²) in [5.41, 5.74) is 3.39. The summed E-state index contributed by atoms with van der Waals surface area (Å²) in [6, 6.07) is 6.40. The second-order valence-corrected chi connectivity index (χ2v) is 5.80. The Kier molecular flexibility index (Phi) is 4.66. The summed E-state index contributed by atoms with van der Waals surface area (Å²) in [5.74, 6) is 0. The standard InChI is InChI=1S/C14H17BrClN3/c1-4-19-14(12(16)8-18-19)13(17-3)10-5-9(2)6-11(15)7-10/h5-8,13,17H,4H2,1-3H3. The molecule has 0 radical (unpaired) electrons. The van der Waals surface area contributed by atoms with Gasteiger partial charge in [0.2, 0.25) is 0 Å². The lowest BCUT2D eigenvalue weighted by Crippen LogP contribution is -2.22. The smallest absolute Gasteiger partial charge is 0.0837 e. The van der Waals surface area contributed by atoms with Crippen LogP contribution in [0, 0.1) is 6.92 Å². The normalized spacial score (nSPS) is 12.7. The molecule has 2 aromatic rings. The summed E-state index contributed by atoms with van der Waals surface area (Å²) in [4.78, 5) is 0. The van der Waals surface area contributed by atoms with Gasteiger partial charge in [0.1, 0.15) is 0 Å². The molecule has 1 unspecified atom stereocenters. The van der Waals surface area contributed by atoms with Gasteiger partial charge in [-0.2, -0.15) is 5.10 Å². The maximum atomic E-state index is 6.29. The molecule has 0 aliphatic carbocycles. The van der Waals surface area contributed by atoms with Crippen LogP contribution in [0.4, 0.5) is 0 Å². The first-order valence-electron chi connectivity index (χ1n) is 6.22. The number of benzene rings is 1. The molecular formula is C14H17BrClN3. The lowest BCUT2D eigenvalue weighted by molar-refractivity contribution is 0.563. The summed E-state index contributed by atoms with van der Waals surface area (Å²) < 4.78 is 3.00. The minimum Gasteiger partial charge on any atom is -0.308 e. The first-order valence-corrected chi connectivity index (χ1v) is 7.39. The highest BCUT2D eigenvalue weighted by Gasteiger charge is 2.20. The van der Waals surface area contributed by atoms with Crippen LogP contribution in [0.3, 0.4) is 0 Å². The van der Waals surface area contributed by atoms with Gasteiger partial charge in [0, 0.05) is 11.0 Å². The maximum Gasteiger partial charge on any atom is 0.0837 e. The number of hydrogen-bond donors (Lipinski definition) is 1.